The molecular formula is C41H62N6O12S4. The largest absolute Gasteiger partial charge is 0.355 e. The van der Waals surface area contributed by atoms with Gasteiger partial charge in [0.05, 0.1) is 54.0 Å². The summed E-state index contributed by atoms with van der Waals surface area (Å²) < 4.78 is 0. The number of hydrogen-bond donors (Lipinski definition) is 6. The van der Waals surface area contributed by atoms with E-state index in [1.807, 2.05) is 0 Å². The van der Waals surface area contributed by atoms with Crippen molar-refractivity contribution in [3.8, 4) is 0 Å². The van der Waals surface area contributed by atoms with Crippen molar-refractivity contribution in [3.63, 3.8) is 0 Å². The minimum atomic E-state index is -0.936. The molecule has 5 amide bonds. The Kier molecular flexibility index (Phi) is 28.3. The maximum atomic E-state index is 13.3. The van der Waals surface area contributed by atoms with Gasteiger partial charge in [0.2, 0.25) is 29.5 Å². The predicted octanol–water partition coefficient (Wildman–Crippen LogP) is -0.148. The molecule has 0 bridgehead atoms. The lowest BCUT2D eigenvalue weighted by molar-refractivity contribution is -0.131. The summed E-state index contributed by atoms with van der Waals surface area (Å²) in [7, 11) is 0. The minimum absolute atomic E-state index is 0.00736. The van der Waals surface area contributed by atoms with Crippen molar-refractivity contribution >= 4 is 118 Å². The second-order valence-electron chi connectivity index (χ2n) is 15.5. The molecule has 2 heterocycles. The number of thioether (sulfide) groups is 4. The number of nitrogens with one attached hydrogen (secondary N) is 5. The van der Waals surface area contributed by atoms with Crippen LogP contribution in [0.3, 0.4) is 0 Å². The van der Waals surface area contributed by atoms with Gasteiger partial charge in [-0.3, -0.25) is 47.9 Å². The third-order valence-electron chi connectivity index (χ3n) is 10.1. The van der Waals surface area contributed by atoms with E-state index in [2.05, 4.69) is 26.6 Å². The first kappa shape index (κ1) is 55.5. The third kappa shape index (κ3) is 23.8. The Balaban J connectivity index is 1.91. The van der Waals surface area contributed by atoms with E-state index in [9.17, 15) is 57.5 Å². The van der Waals surface area contributed by atoms with E-state index in [1.54, 1.807) is 0 Å². The summed E-state index contributed by atoms with van der Waals surface area (Å²) in [4.78, 5) is 147. The topological polar surface area (TPSA) is 291 Å². The molecule has 2 rings (SSSR count). The Morgan fingerprint density at radius 2 is 1.14 bits per heavy atom. The Morgan fingerprint density at radius 1 is 0.667 bits per heavy atom. The fourth-order valence-corrected chi connectivity index (χ4v) is 10.6. The van der Waals surface area contributed by atoms with Crippen molar-refractivity contribution in [2.75, 3.05) is 72.2 Å². The third-order valence-corrected chi connectivity index (χ3v) is 14.7. The Morgan fingerprint density at radius 3 is 1.62 bits per heavy atom. The van der Waals surface area contributed by atoms with E-state index in [-0.39, 0.29) is 116 Å². The number of amides is 5. The minimum Gasteiger partial charge on any atom is -0.355 e. The normalized spacial score (nSPS) is 18.1. The standard InChI is InChI=1S/C41H62N6O12S4/c1-26(50)33(42)6-2-4-9-44-41(59)34(47-38(56)25-63-21-30(40(58)46-11-13-49)17-36(54)28-15-32(52)23-61-19-28)7-3-5-8-43-37(55)24-62-20-29(39(57)45-10-12-48)16-35(53)27-14-31(51)22-60-18-27/h12-13,27-30,33-34H,2-11,14-25,42H2,1H3,(H,43,55)(H,44,59)(H,45,57)(H,46,58)(H,47,56). The summed E-state index contributed by atoms with van der Waals surface area (Å²) in [5, 5.41) is 13.3. The van der Waals surface area contributed by atoms with Gasteiger partial charge in [0.25, 0.3) is 0 Å². The van der Waals surface area contributed by atoms with Gasteiger partial charge in [-0.1, -0.05) is 0 Å². The van der Waals surface area contributed by atoms with Crippen molar-refractivity contribution in [2.45, 2.75) is 83.2 Å². The molecule has 0 aromatic heterocycles. The van der Waals surface area contributed by atoms with Crippen LogP contribution in [-0.4, -0.2) is 155 Å². The van der Waals surface area contributed by atoms with E-state index in [0.717, 1.165) is 23.5 Å². The quantitative estimate of drug-likeness (QED) is 0.0368. The molecule has 0 radical (unpaired) electrons. The number of aldehydes is 2. The van der Waals surface area contributed by atoms with Crippen molar-refractivity contribution in [3.05, 3.63) is 0 Å². The second-order valence-corrected chi connectivity index (χ2v) is 19.6. The SMILES string of the molecule is CC(=O)C(N)CCCCNC(=O)C(CCCCNC(=O)CSCC(CC(=O)C1CSCC(=O)C1)C(=O)NCC=O)NC(=O)CSCC(CC(=O)C1CSCC(=O)C1)C(=O)NCC=O. The van der Waals surface area contributed by atoms with Gasteiger partial charge in [-0.2, -0.15) is 47.0 Å². The molecule has 2 fully saturated rings. The molecule has 18 nitrogen and oxygen atoms in total. The zero-order valence-electron chi connectivity index (χ0n) is 35.8. The van der Waals surface area contributed by atoms with Crippen LogP contribution in [0.2, 0.25) is 0 Å². The van der Waals surface area contributed by atoms with E-state index in [0.29, 0.717) is 67.7 Å². The molecule has 7 N–H and O–H groups in total. The van der Waals surface area contributed by atoms with Gasteiger partial charge in [-0.25, -0.2) is 0 Å². The fraction of sp³-hybridized carbons (Fsp3) is 0.707. The highest BCUT2D eigenvalue weighted by molar-refractivity contribution is 8.00. The molecule has 6 unspecified atom stereocenters. The van der Waals surface area contributed by atoms with Gasteiger partial charge in [0, 0.05) is 73.6 Å². The zero-order valence-corrected chi connectivity index (χ0v) is 39.1. The molecule has 0 aliphatic carbocycles. The van der Waals surface area contributed by atoms with Crippen LogP contribution < -0.4 is 32.3 Å². The molecule has 2 aliphatic rings. The highest BCUT2D eigenvalue weighted by Crippen LogP contribution is 2.26. The summed E-state index contributed by atoms with van der Waals surface area (Å²) in [6.45, 7) is 1.49. The Labute approximate surface area is 385 Å². The number of carbonyl (C=O) groups is 12. The molecule has 63 heavy (non-hydrogen) atoms. The number of unbranched alkanes of at least 4 members (excludes halogenated alkanes) is 2. The lowest BCUT2D eigenvalue weighted by Crippen LogP contribution is -2.47. The summed E-state index contributed by atoms with van der Waals surface area (Å²) >= 11 is 5.00. The average Bonchev–Trinajstić information content (AvgIpc) is 3.25. The summed E-state index contributed by atoms with van der Waals surface area (Å²) in [5.41, 5.74) is 5.80. The molecule has 6 atom stereocenters. The number of rotatable bonds is 33. The smallest absolute Gasteiger partial charge is 0.242 e. The molecule has 0 aromatic carbocycles. The van der Waals surface area contributed by atoms with Crippen molar-refractivity contribution in [1.82, 2.24) is 26.6 Å². The number of Topliss-reactive ketones (excluding diaryl/α,β-unsaturated/α-hetero) is 5. The molecule has 0 aromatic rings. The monoisotopic (exact) mass is 958 g/mol. The first-order valence-electron chi connectivity index (χ1n) is 21.1. The van der Waals surface area contributed by atoms with E-state index in [1.165, 1.54) is 30.4 Å². The van der Waals surface area contributed by atoms with Crippen LogP contribution in [0.4, 0.5) is 0 Å². The van der Waals surface area contributed by atoms with Crippen molar-refractivity contribution < 1.29 is 57.5 Å². The molecule has 352 valence electrons. The first-order chi connectivity index (χ1) is 30.1. The number of hydrogen-bond acceptors (Lipinski definition) is 17. The van der Waals surface area contributed by atoms with Crippen LogP contribution in [0.1, 0.15) is 71.1 Å². The van der Waals surface area contributed by atoms with Crippen LogP contribution in [0.25, 0.3) is 0 Å². The predicted molar refractivity (Wildman–Crippen MR) is 244 cm³/mol. The lowest BCUT2D eigenvalue weighted by Gasteiger charge is -2.22. The Bertz CT molecular complexity index is 1620. The van der Waals surface area contributed by atoms with Crippen LogP contribution in [0.5, 0.6) is 0 Å². The lowest BCUT2D eigenvalue weighted by atomic mass is 9.92. The number of ketones is 5. The van der Waals surface area contributed by atoms with Gasteiger partial charge in [-0.15, -0.1) is 0 Å². The highest BCUT2D eigenvalue weighted by Gasteiger charge is 2.32. The van der Waals surface area contributed by atoms with Gasteiger partial charge < -0.3 is 41.9 Å². The number of carbonyl (C=O) groups excluding carboxylic acids is 12. The van der Waals surface area contributed by atoms with Crippen LogP contribution >= 0.6 is 47.0 Å². The number of nitrogens with two attached hydrogens (primary N) is 1. The van der Waals surface area contributed by atoms with Gasteiger partial charge in [0.1, 0.15) is 47.5 Å². The average molecular weight is 959 g/mol. The fourth-order valence-electron chi connectivity index (χ4n) is 6.55. The van der Waals surface area contributed by atoms with Crippen molar-refractivity contribution in [1.29, 1.82) is 0 Å². The highest BCUT2D eigenvalue weighted by atomic mass is 32.2. The summed E-state index contributed by atoms with van der Waals surface area (Å²) in [5.74, 6) is -3.71. The Hall–Kier alpha value is -3.60. The van der Waals surface area contributed by atoms with Gasteiger partial charge in [-0.05, 0) is 45.4 Å². The van der Waals surface area contributed by atoms with Crippen LogP contribution in [0, 0.1) is 23.7 Å². The first-order valence-corrected chi connectivity index (χ1v) is 25.7. The van der Waals surface area contributed by atoms with E-state index in [4.69, 9.17) is 5.73 Å². The van der Waals surface area contributed by atoms with E-state index < -0.39 is 59.4 Å². The summed E-state index contributed by atoms with van der Waals surface area (Å²) in [6, 6.07) is -1.52. The van der Waals surface area contributed by atoms with Crippen LogP contribution in [-0.2, 0) is 57.5 Å². The van der Waals surface area contributed by atoms with E-state index >= 15 is 0 Å². The summed E-state index contributed by atoms with van der Waals surface area (Å²) in [6.07, 6.45) is 3.76. The molecule has 2 aliphatic heterocycles. The van der Waals surface area contributed by atoms with Crippen molar-refractivity contribution in [2.24, 2.45) is 29.4 Å². The zero-order chi connectivity index (χ0) is 46.6. The maximum Gasteiger partial charge on any atom is 0.242 e. The molecule has 22 heteroatoms. The van der Waals surface area contributed by atoms with Gasteiger partial charge in [0.15, 0.2) is 0 Å². The molecule has 0 spiro atoms. The maximum absolute atomic E-state index is 13.3. The molecule has 2 saturated heterocycles. The van der Waals surface area contributed by atoms with Gasteiger partial charge >= 0.3 is 0 Å². The molecule has 0 saturated carbocycles. The van der Waals surface area contributed by atoms with Crippen LogP contribution in [0.15, 0.2) is 0 Å². The molecular weight excluding hydrogens is 897 g/mol. The second kappa shape index (κ2) is 32.1.